The van der Waals surface area contributed by atoms with Crippen LogP contribution in [0.15, 0.2) is 10.8 Å². The van der Waals surface area contributed by atoms with Gasteiger partial charge in [0.05, 0.1) is 5.69 Å². The summed E-state index contributed by atoms with van der Waals surface area (Å²) in [6.07, 6.45) is 9.49. The van der Waals surface area contributed by atoms with Crippen molar-refractivity contribution in [3.8, 4) is 0 Å². The summed E-state index contributed by atoms with van der Waals surface area (Å²) in [7, 11) is 0. The van der Waals surface area contributed by atoms with E-state index in [1.54, 1.807) is 6.39 Å². The summed E-state index contributed by atoms with van der Waals surface area (Å²) in [5.74, 6) is 1.98. The first-order valence-corrected chi connectivity index (χ1v) is 6.06. The van der Waals surface area contributed by atoms with E-state index in [0.29, 0.717) is 0 Å². The van der Waals surface area contributed by atoms with Gasteiger partial charge in [0.1, 0.15) is 5.76 Å². The zero-order valence-electron chi connectivity index (χ0n) is 9.04. The van der Waals surface area contributed by atoms with Crippen molar-refractivity contribution in [1.29, 1.82) is 0 Å². The van der Waals surface area contributed by atoms with Crippen LogP contribution in [0.4, 0.5) is 0 Å². The van der Waals surface area contributed by atoms with Gasteiger partial charge in [0.2, 0.25) is 0 Å². The minimum atomic E-state index is 0.748. The summed E-state index contributed by atoms with van der Waals surface area (Å²) in [5.41, 5.74) is 1.13. The average Bonchev–Trinajstić information content (AvgIpc) is 2.89. The second-order valence-corrected chi connectivity index (χ2v) is 4.88. The van der Waals surface area contributed by atoms with Gasteiger partial charge in [-0.05, 0) is 18.8 Å². The fourth-order valence-corrected chi connectivity index (χ4v) is 2.09. The van der Waals surface area contributed by atoms with Gasteiger partial charge >= 0.3 is 0 Å². The SMILES string of the molecule is c1nc(CNC2CC2)c(CC2CCC2)o1. The third-order valence-electron chi connectivity index (χ3n) is 3.56. The van der Waals surface area contributed by atoms with Crippen LogP contribution in [-0.2, 0) is 13.0 Å². The Labute approximate surface area is 90.3 Å². The molecule has 2 aliphatic rings. The van der Waals surface area contributed by atoms with Crippen molar-refractivity contribution in [1.82, 2.24) is 10.3 Å². The predicted octanol–water partition coefficient (Wildman–Crippen LogP) is 2.27. The lowest BCUT2D eigenvalue weighted by Gasteiger charge is -2.24. The smallest absolute Gasteiger partial charge is 0.181 e. The van der Waals surface area contributed by atoms with E-state index in [1.807, 2.05) is 0 Å². The second-order valence-electron chi connectivity index (χ2n) is 4.88. The lowest BCUT2D eigenvalue weighted by Crippen LogP contribution is -2.18. The number of nitrogens with zero attached hydrogens (tertiary/aromatic N) is 1. The summed E-state index contributed by atoms with van der Waals surface area (Å²) in [6.45, 7) is 0.892. The monoisotopic (exact) mass is 206 g/mol. The first-order chi connectivity index (χ1) is 7.42. The number of aromatic nitrogens is 1. The van der Waals surface area contributed by atoms with Crippen molar-refractivity contribution < 1.29 is 4.42 Å². The summed E-state index contributed by atoms with van der Waals surface area (Å²) in [5, 5.41) is 3.49. The molecule has 3 heteroatoms. The van der Waals surface area contributed by atoms with Crippen molar-refractivity contribution in [2.24, 2.45) is 5.92 Å². The molecule has 0 atom stereocenters. The standard InChI is InChI=1S/C12H18N2O/c1-2-9(3-1)6-12-11(14-8-15-12)7-13-10-4-5-10/h8-10,13H,1-7H2. The second kappa shape index (κ2) is 3.97. The molecule has 0 bridgehead atoms. The molecule has 0 unspecified atom stereocenters. The normalized spacial score (nSPS) is 21.6. The maximum Gasteiger partial charge on any atom is 0.181 e. The molecule has 2 fully saturated rings. The Morgan fingerprint density at radius 3 is 2.87 bits per heavy atom. The molecule has 0 spiro atoms. The molecule has 3 rings (SSSR count). The number of hydrogen-bond acceptors (Lipinski definition) is 3. The zero-order chi connectivity index (χ0) is 10.1. The molecule has 0 aliphatic heterocycles. The molecule has 0 aromatic carbocycles. The quantitative estimate of drug-likeness (QED) is 0.803. The minimum Gasteiger partial charge on any atom is -0.448 e. The van der Waals surface area contributed by atoms with E-state index < -0.39 is 0 Å². The number of oxazole rings is 1. The molecule has 82 valence electrons. The van der Waals surface area contributed by atoms with Gasteiger partial charge in [-0.15, -0.1) is 0 Å². The van der Waals surface area contributed by atoms with Crippen LogP contribution in [0.25, 0.3) is 0 Å². The Kier molecular flexibility index (Phi) is 2.49. The molecular weight excluding hydrogens is 188 g/mol. The highest BCUT2D eigenvalue weighted by molar-refractivity contribution is 5.09. The Hall–Kier alpha value is -0.830. The van der Waals surface area contributed by atoms with E-state index in [2.05, 4.69) is 10.3 Å². The summed E-state index contributed by atoms with van der Waals surface area (Å²) in [4.78, 5) is 4.30. The third-order valence-corrected chi connectivity index (χ3v) is 3.56. The number of rotatable bonds is 5. The summed E-state index contributed by atoms with van der Waals surface area (Å²) in [6, 6.07) is 0.748. The lowest BCUT2D eigenvalue weighted by molar-refractivity contribution is 0.293. The van der Waals surface area contributed by atoms with E-state index in [1.165, 1.54) is 32.1 Å². The topological polar surface area (TPSA) is 38.1 Å². The van der Waals surface area contributed by atoms with Gasteiger partial charge in [-0.25, -0.2) is 4.98 Å². The van der Waals surface area contributed by atoms with Crippen LogP contribution in [0.1, 0.15) is 43.6 Å². The molecule has 15 heavy (non-hydrogen) atoms. The van der Waals surface area contributed by atoms with E-state index in [0.717, 1.165) is 36.4 Å². The fraction of sp³-hybridized carbons (Fsp3) is 0.750. The highest BCUT2D eigenvalue weighted by atomic mass is 16.3. The first-order valence-electron chi connectivity index (χ1n) is 6.06. The summed E-state index contributed by atoms with van der Waals surface area (Å²) < 4.78 is 5.47. The molecule has 1 aromatic rings. The maximum atomic E-state index is 5.47. The maximum absolute atomic E-state index is 5.47. The highest BCUT2D eigenvalue weighted by Crippen LogP contribution is 2.30. The Morgan fingerprint density at radius 1 is 1.33 bits per heavy atom. The largest absolute Gasteiger partial charge is 0.448 e. The number of nitrogens with one attached hydrogen (secondary N) is 1. The molecule has 0 radical (unpaired) electrons. The van der Waals surface area contributed by atoms with Gasteiger partial charge in [-0.2, -0.15) is 0 Å². The van der Waals surface area contributed by atoms with Crippen LogP contribution in [0.3, 0.4) is 0 Å². The van der Waals surface area contributed by atoms with Crippen LogP contribution in [-0.4, -0.2) is 11.0 Å². The van der Waals surface area contributed by atoms with Crippen LogP contribution < -0.4 is 5.32 Å². The van der Waals surface area contributed by atoms with Gasteiger partial charge < -0.3 is 9.73 Å². The average molecular weight is 206 g/mol. The molecule has 2 saturated carbocycles. The van der Waals surface area contributed by atoms with Gasteiger partial charge in [0.15, 0.2) is 6.39 Å². The Bertz CT molecular complexity index is 326. The van der Waals surface area contributed by atoms with Crippen molar-refractivity contribution in [3.63, 3.8) is 0 Å². The van der Waals surface area contributed by atoms with Gasteiger partial charge in [0.25, 0.3) is 0 Å². The molecule has 3 nitrogen and oxygen atoms in total. The van der Waals surface area contributed by atoms with Crippen molar-refractivity contribution in [2.45, 2.75) is 51.1 Å². The van der Waals surface area contributed by atoms with Crippen molar-refractivity contribution >= 4 is 0 Å². The van der Waals surface area contributed by atoms with Crippen LogP contribution in [0.5, 0.6) is 0 Å². The Balaban J connectivity index is 1.57. The van der Waals surface area contributed by atoms with Crippen molar-refractivity contribution in [3.05, 3.63) is 17.8 Å². The van der Waals surface area contributed by atoms with E-state index >= 15 is 0 Å². The lowest BCUT2D eigenvalue weighted by atomic mass is 9.82. The minimum absolute atomic E-state index is 0.748. The third kappa shape index (κ3) is 2.23. The van der Waals surface area contributed by atoms with Gasteiger partial charge in [-0.3, -0.25) is 0 Å². The molecule has 0 saturated heterocycles. The van der Waals surface area contributed by atoms with E-state index in [-0.39, 0.29) is 0 Å². The highest BCUT2D eigenvalue weighted by Gasteiger charge is 2.23. The molecule has 1 heterocycles. The van der Waals surface area contributed by atoms with E-state index in [9.17, 15) is 0 Å². The predicted molar refractivity (Wildman–Crippen MR) is 57.4 cm³/mol. The summed E-state index contributed by atoms with van der Waals surface area (Å²) >= 11 is 0. The van der Waals surface area contributed by atoms with Crippen LogP contribution in [0.2, 0.25) is 0 Å². The van der Waals surface area contributed by atoms with Crippen LogP contribution in [0, 0.1) is 5.92 Å². The molecule has 2 aliphatic carbocycles. The zero-order valence-corrected chi connectivity index (χ0v) is 9.04. The molecule has 1 N–H and O–H groups in total. The van der Waals surface area contributed by atoms with Gasteiger partial charge in [0, 0.05) is 19.0 Å². The molecule has 0 amide bonds. The van der Waals surface area contributed by atoms with Crippen LogP contribution >= 0.6 is 0 Å². The Morgan fingerprint density at radius 2 is 2.20 bits per heavy atom. The molecule has 1 aromatic heterocycles. The molecular formula is C12H18N2O. The fourth-order valence-electron chi connectivity index (χ4n) is 2.09. The first kappa shape index (κ1) is 9.40. The van der Waals surface area contributed by atoms with Gasteiger partial charge in [-0.1, -0.05) is 19.3 Å². The van der Waals surface area contributed by atoms with Crippen molar-refractivity contribution in [2.75, 3.05) is 0 Å². The number of hydrogen-bond donors (Lipinski definition) is 1. The van der Waals surface area contributed by atoms with E-state index in [4.69, 9.17) is 4.42 Å².